The zero-order chi connectivity index (χ0) is 17.0. The molecule has 2 aromatic rings. The monoisotopic (exact) mass is 321 g/mol. The van der Waals surface area contributed by atoms with Crippen molar-refractivity contribution in [2.24, 2.45) is 10.2 Å². The Labute approximate surface area is 131 Å². The molecule has 0 saturated carbocycles. The Hall–Kier alpha value is -2.70. The number of carbonyl (C=O) groups is 1. The van der Waals surface area contributed by atoms with Crippen LogP contribution in [0.2, 0.25) is 0 Å². The van der Waals surface area contributed by atoms with E-state index in [9.17, 15) is 18.0 Å². The molecule has 0 fully saturated rings. The van der Waals surface area contributed by atoms with Crippen LogP contribution in [0.15, 0.2) is 52.7 Å². The third kappa shape index (κ3) is 4.38. The lowest BCUT2D eigenvalue weighted by Gasteiger charge is -2.10. The van der Waals surface area contributed by atoms with Gasteiger partial charge in [-0.1, -0.05) is 18.2 Å². The van der Waals surface area contributed by atoms with Gasteiger partial charge in [-0.05, 0) is 49.2 Å². The van der Waals surface area contributed by atoms with Crippen LogP contribution < -0.4 is 5.32 Å². The second kappa shape index (κ2) is 6.60. The van der Waals surface area contributed by atoms with Crippen molar-refractivity contribution in [1.82, 2.24) is 0 Å². The number of nitrogens with zero attached hydrogens (tertiary/aromatic N) is 2. The average Bonchev–Trinajstić information content (AvgIpc) is 2.48. The number of rotatable bonds is 3. The Balaban J connectivity index is 2.17. The predicted octanol–water partition coefficient (Wildman–Crippen LogP) is 5.22. The molecule has 0 aliphatic rings. The third-order valence-corrected chi connectivity index (χ3v) is 3.10. The summed E-state index contributed by atoms with van der Waals surface area (Å²) in [5.74, 6) is -2.00. The van der Waals surface area contributed by atoms with Gasteiger partial charge in [0, 0.05) is 5.69 Å². The van der Waals surface area contributed by atoms with E-state index < -0.39 is 12.1 Å². The van der Waals surface area contributed by atoms with Crippen molar-refractivity contribution in [1.29, 1.82) is 0 Å². The molecule has 0 radical (unpaired) electrons. The molecule has 2 aromatic carbocycles. The van der Waals surface area contributed by atoms with Crippen molar-refractivity contribution in [2.45, 2.75) is 20.0 Å². The van der Waals surface area contributed by atoms with Gasteiger partial charge in [-0.25, -0.2) is 0 Å². The molecule has 0 spiro atoms. The fourth-order valence-corrected chi connectivity index (χ4v) is 1.83. The van der Waals surface area contributed by atoms with Gasteiger partial charge in [0.1, 0.15) is 0 Å². The number of hydrogen-bond acceptors (Lipinski definition) is 3. The van der Waals surface area contributed by atoms with E-state index in [1.165, 1.54) is 12.1 Å². The van der Waals surface area contributed by atoms with E-state index in [-0.39, 0.29) is 5.69 Å². The summed E-state index contributed by atoms with van der Waals surface area (Å²) in [5, 5.41) is 9.99. The van der Waals surface area contributed by atoms with Gasteiger partial charge in [-0.2, -0.15) is 23.4 Å². The summed E-state index contributed by atoms with van der Waals surface area (Å²) in [7, 11) is 0. The van der Waals surface area contributed by atoms with E-state index in [4.69, 9.17) is 0 Å². The number of aryl methyl sites for hydroxylation is 2. The maximum absolute atomic E-state index is 12.2. The van der Waals surface area contributed by atoms with Crippen LogP contribution in [-0.4, -0.2) is 12.1 Å². The van der Waals surface area contributed by atoms with Gasteiger partial charge in [0.25, 0.3) is 0 Å². The molecule has 7 heteroatoms. The SMILES string of the molecule is Cc1ccccc1N=Nc1ccc(NC(=O)C(F)(F)F)c(C)c1. The standard InChI is InChI=1S/C16H14F3N3O/c1-10-5-3-4-6-14(10)22-21-12-7-8-13(11(2)9-12)20-15(23)16(17,18)19/h3-9H,1-2H3,(H,20,23). The Kier molecular flexibility index (Phi) is 4.78. The van der Waals surface area contributed by atoms with Gasteiger partial charge in [0.2, 0.25) is 0 Å². The minimum Gasteiger partial charge on any atom is -0.318 e. The molecule has 0 aromatic heterocycles. The van der Waals surface area contributed by atoms with Crippen molar-refractivity contribution < 1.29 is 18.0 Å². The summed E-state index contributed by atoms with van der Waals surface area (Å²) in [5.41, 5.74) is 2.70. The Morgan fingerprint density at radius 1 is 1.00 bits per heavy atom. The lowest BCUT2D eigenvalue weighted by molar-refractivity contribution is -0.167. The molecule has 0 saturated heterocycles. The first-order valence-electron chi connectivity index (χ1n) is 6.73. The molecule has 1 N–H and O–H groups in total. The van der Waals surface area contributed by atoms with Gasteiger partial charge < -0.3 is 5.32 Å². The van der Waals surface area contributed by atoms with Crippen molar-refractivity contribution >= 4 is 23.0 Å². The molecule has 0 heterocycles. The molecule has 4 nitrogen and oxygen atoms in total. The topological polar surface area (TPSA) is 53.8 Å². The number of benzene rings is 2. The molecule has 0 bridgehead atoms. The van der Waals surface area contributed by atoms with Gasteiger partial charge >= 0.3 is 12.1 Å². The lowest BCUT2D eigenvalue weighted by atomic mass is 10.2. The van der Waals surface area contributed by atoms with E-state index in [0.29, 0.717) is 16.9 Å². The van der Waals surface area contributed by atoms with Crippen LogP contribution in [0, 0.1) is 13.8 Å². The molecule has 0 aliphatic heterocycles. The minimum atomic E-state index is -4.92. The fourth-order valence-electron chi connectivity index (χ4n) is 1.83. The molecule has 23 heavy (non-hydrogen) atoms. The summed E-state index contributed by atoms with van der Waals surface area (Å²) in [6, 6.07) is 11.8. The Morgan fingerprint density at radius 2 is 1.70 bits per heavy atom. The zero-order valence-electron chi connectivity index (χ0n) is 12.5. The number of azo groups is 1. The summed E-state index contributed by atoms with van der Waals surface area (Å²) >= 11 is 0. The van der Waals surface area contributed by atoms with E-state index in [1.807, 2.05) is 36.5 Å². The third-order valence-electron chi connectivity index (χ3n) is 3.10. The van der Waals surface area contributed by atoms with Crippen LogP contribution in [0.5, 0.6) is 0 Å². The molecular formula is C16H14F3N3O. The van der Waals surface area contributed by atoms with Gasteiger partial charge in [-0.3, -0.25) is 4.79 Å². The van der Waals surface area contributed by atoms with Crippen LogP contribution in [0.25, 0.3) is 0 Å². The molecular weight excluding hydrogens is 307 g/mol. The quantitative estimate of drug-likeness (QED) is 0.774. The number of amides is 1. The van der Waals surface area contributed by atoms with Crippen LogP contribution in [-0.2, 0) is 4.79 Å². The predicted molar refractivity (Wildman–Crippen MR) is 81.2 cm³/mol. The van der Waals surface area contributed by atoms with Crippen LogP contribution in [0.1, 0.15) is 11.1 Å². The van der Waals surface area contributed by atoms with Crippen LogP contribution in [0.4, 0.5) is 30.2 Å². The lowest BCUT2D eigenvalue weighted by Crippen LogP contribution is -2.30. The number of nitrogens with one attached hydrogen (secondary N) is 1. The van der Waals surface area contributed by atoms with E-state index in [2.05, 4.69) is 10.2 Å². The molecule has 0 unspecified atom stereocenters. The van der Waals surface area contributed by atoms with Crippen molar-refractivity contribution in [3.8, 4) is 0 Å². The highest BCUT2D eigenvalue weighted by molar-refractivity contribution is 5.95. The van der Waals surface area contributed by atoms with Crippen LogP contribution in [0.3, 0.4) is 0 Å². The first-order valence-corrected chi connectivity index (χ1v) is 6.73. The Morgan fingerprint density at radius 3 is 2.30 bits per heavy atom. The maximum atomic E-state index is 12.2. The first kappa shape index (κ1) is 16.7. The molecule has 0 atom stereocenters. The summed E-state index contributed by atoms with van der Waals surface area (Å²) in [6.45, 7) is 3.48. The Bertz CT molecular complexity index is 754. The van der Waals surface area contributed by atoms with Crippen LogP contribution >= 0.6 is 0 Å². The van der Waals surface area contributed by atoms with Gasteiger partial charge in [0.15, 0.2) is 0 Å². The summed E-state index contributed by atoms with van der Waals surface area (Å²) in [4.78, 5) is 10.9. The van der Waals surface area contributed by atoms with Crippen molar-refractivity contribution in [3.63, 3.8) is 0 Å². The molecule has 120 valence electrons. The van der Waals surface area contributed by atoms with Crippen molar-refractivity contribution in [3.05, 3.63) is 53.6 Å². The highest BCUT2D eigenvalue weighted by Crippen LogP contribution is 2.26. The summed E-state index contributed by atoms with van der Waals surface area (Å²) < 4.78 is 36.7. The normalized spacial score (nSPS) is 11.7. The molecule has 1 amide bonds. The zero-order valence-corrected chi connectivity index (χ0v) is 12.5. The summed E-state index contributed by atoms with van der Waals surface area (Å²) in [6.07, 6.45) is -4.92. The molecule has 0 aliphatic carbocycles. The highest BCUT2D eigenvalue weighted by atomic mass is 19.4. The highest BCUT2D eigenvalue weighted by Gasteiger charge is 2.38. The van der Waals surface area contributed by atoms with Gasteiger partial charge in [-0.15, -0.1) is 0 Å². The van der Waals surface area contributed by atoms with E-state index >= 15 is 0 Å². The number of alkyl halides is 3. The number of hydrogen-bond donors (Lipinski definition) is 1. The molecule has 2 rings (SSSR count). The fraction of sp³-hybridized carbons (Fsp3) is 0.188. The number of anilines is 1. The largest absolute Gasteiger partial charge is 0.471 e. The minimum absolute atomic E-state index is 0.0853. The van der Waals surface area contributed by atoms with Gasteiger partial charge in [0.05, 0.1) is 11.4 Å². The second-order valence-corrected chi connectivity index (χ2v) is 4.94. The second-order valence-electron chi connectivity index (χ2n) is 4.94. The average molecular weight is 321 g/mol. The van der Waals surface area contributed by atoms with E-state index in [0.717, 1.165) is 5.56 Å². The maximum Gasteiger partial charge on any atom is 0.471 e. The number of halogens is 3. The van der Waals surface area contributed by atoms with E-state index in [1.54, 1.807) is 13.0 Å². The number of carbonyl (C=O) groups excluding carboxylic acids is 1. The smallest absolute Gasteiger partial charge is 0.318 e. The van der Waals surface area contributed by atoms with Crippen molar-refractivity contribution in [2.75, 3.05) is 5.32 Å². The first-order chi connectivity index (χ1) is 10.8.